The summed E-state index contributed by atoms with van der Waals surface area (Å²) in [7, 11) is 0. The molecule has 2 saturated heterocycles. The van der Waals surface area contributed by atoms with Crippen molar-refractivity contribution >= 4 is 11.6 Å². The molecule has 2 N–H and O–H groups in total. The molecular formula is C44H55ClN6O5. The summed E-state index contributed by atoms with van der Waals surface area (Å²) in [6.45, 7) is 16.6. The van der Waals surface area contributed by atoms with Crippen LogP contribution in [0, 0.1) is 25.2 Å². The van der Waals surface area contributed by atoms with Gasteiger partial charge in [-0.2, -0.15) is 5.26 Å². The predicted molar refractivity (Wildman–Crippen MR) is 219 cm³/mol. The third-order valence-corrected chi connectivity index (χ3v) is 11.2. The molecule has 3 heterocycles. The topological polar surface area (TPSA) is 118 Å². The first-order valence-electron chi connectivity index (χ1n) is 19.7. The Bertz CT molecular complexity index is 1920. The number of halogens is 1. The van der Waals surface area contributed by atoms with Gasteiger partial charge in [-0.25, -0.2) is 0 Å². The lowest BCUT2D eigenvalue weighted by molar-refractivity contribution is 0.107. The SMILES string of the molecule is Cc1c(COc2cc(OCc3cncc(C#N)c3)c(CN3CCN(CCO)CC3)cc2Cl)cccc1-c1cccc(OCCCN2CCN(CCO)CC2)c1C. The predicted octanol–water partition coefficient (Wildman–Crippen LogP) is 5.54. The van der Waals surface area contributed by atoms with Crippen molar-refractivity contribution in [3.63, 3.8) is 0 Å². The van der Waals surface area contributed by atoms with E-state index in [2.05, 4.69) is 74.8 Å². The van der Waals surface area contributed by atoms with Crippen molar-refractivity contribution in [3.8, 4) is 34.4 Å². The molecule has 0 bridgehead atoms. The fourth-order valence-electron chi connectivity index (χ4n) is 7.48. The van der Waals surface area contributed by atoms with E-state index in [1.54, 1.807) is 12.3 Å². The summed E-state index contributed by atoms with van der Waals surface area (Å²) < 4.78 is 19.2. The Balaban J connectivity index is 1.12. The van der Waals surface area contributed by atoms with Crippen LogP contribution in [0.1, 0.15) is 39.8 Å². The van der Waals surface area contributed by atoms with Crippen molar-refractivity contribution in [1.82, 2.24) is 24.6 Å². The van der Waals surface area contributed by atoms with Gasteiger partial charge in [0.1, 0.15) is 36.5 Å². The summed E-state index contributed by atoms with van der Waals surface area (Å²) in [5.41, 5.74) is 7.78. The zero-order valence-electron chi connectivity index (χ0n) is 32.8. The quantitative estimate of drug-likeness (QED) is 0.124. The van der Waals surface area contributed by atoms with Crippen LogP contribution >= 0.6 is 11.6 Å². The van der Waals surface area contributed by atoms with Crippen molar-refractivity contribution in [3.05, 3.63) is 105 Å². The fourth-order valence-corrected chi connectivity index (χ4v) is 7.73. The molecule has 2 fully saturated rings. The van der Waals surface area contributed by atoms with Crippen LogP contribution in [0.15, 0.2) is 67.0 Å². The number of benzene rings is 3. The number of ether oxygens (including phenoxy) is 3. The second-order valence-corrected chi connectivity index (χ2v) is 15.0. The third-order valence-electron chi connectivity index (χ3n) is 10.9. The molecule has 0 unspecified atom stereocenters. The number of aliphatic hydroxyl groups excluding tert-OH is 2. The lowest BCUT2D eigenvalue weighted by Crippen LogP contribution is -2.47. The van der Waals surface area contributed by atoms with E-state index in [0.717, 1.165) is 117 Å². The first kappa shape index (κ1) is 41.4. The summed E-state index contributed by atoms with van der Waals surface area (Å²) in [6.07, 6.45) is 4.20. The Labute approximate surface area is 336 Å². The number of nitriles is 1. The number of rotatable bonds is 18. The second kappa shape index (κ2) is 20.8. The molecule has 2 aliphatic heterocycles. The van der Waals surface area contributed by atoms with Gasteiger partial charge >= 0.3 is 0 Å². The highest BCUT2D eigenvalue weighted by molar-refractivity contribution is 6.32. The van der Waals surface area contributed by atoms with E-state index in [-0.39, 0.29) is 19.8 Å². The first-order chi connectivity index (χ1) is 27.3. The Morgan fingerprint density at radius 1 is 0.679 bits per heavy atom. The molecule has 0 atom stereocenters. The Morgan fingerprint density at radius 2 is 1.30 bits per heavy atom. The summed E-state index contributed by atoms with van der Waals surface area (Å²) >= 11 is 6.92. The number of hydrogen-bond donors (Lipinski definition) is 2. The van der Waals surface area contributed by atoms with Crippen molar-refractivity contribution in [2.24, 2.45) is 0 Å². The van der Waals surface area contributed by atoms with Crippen LogP contribution in [-0.4, -0.2) is 127 Å². The summed E-state index contributed by atoms with van der Waals surface area (Å²) in [6, 6.07) is 20.3. The number of aliphatic hydroxyl groups is 2. The molecular weight excluding hydrogens is 728 g/mol. The molecule has 0 amide bonds. The van der Waals surface area contributed by atoms with Crippen molar-refractivity contribution in [2.45, 2.75) is 40.0 Å². The molecule has 2 aliphatic rings. The monoisotopic (exact) mass is 782 g/mol. The molecule has 0 spiro atoms. The maximum atomic E-state index is 9.37. The number of piperazine rings is 2. The zero-order chi connectivity index (χ0) is 39.3. The molecule has 1 aromatic heterocycles. The highest BCUT2D eigenvalue weighted by atomic mass is 35.5. The Kier molecular flexibility index (Phi) is 15.4. The Morgan fingerprint density at radius 3 is 1.98 bits per heavy atom. The van der Waals surface area contributed by atoms with Crippen molar-refractivity contribution in [1.29, 1.82) is 5.26 Å². The van der Waals surface area contributed by atoms with Crippen LogP contribution in [0.2, 0.25) is 5.02 Å². The minimum Gasteiger partial charge on any atom is -0.493 e. The summed E-state index contributed by atoms with van der Waals surface area (Å²) in [5, 5.41) is 28.5. The van der Waals surface area contributed by atoms with Crippen molar-refractivity contribution < 1.29 is 24.4 Å². The van der Waals surface area contributed by atoms with Gasteiger partial charge in [-0.3, -0.25) is 19.7 Å². The van der Waals surface area contributed by atoms with Gasteiger partial charge in [0.2, 0.25) is 0 Å². The maximum Gasteiger partial charge on any atom is 0.142 e. The average molecular weight is 783 g/mol. The lowest BCUT2D eigenvalue weighted by atomic mass is 9.93. The van der Waals surface area contributed by atoms with E-state index in [1.165, 1.54) is 6.20 Å². The van der Waals surface area contributed by atoms with E-state index in [9.17, 15) is 15.5 Å². The molecule has 0 aliphatic carbocycles. The van der Waals surface area contributed by atoms with Gasteiger partial charge in [-0.15, -0.1) is 0 Å². The molecule has 298 valence electrons. The molecule has 4 aromatic rings. The van der Waals surface area contributed by atoms with Crippen molar-refractivity contribution in [2.75, 3.05) is 91.8 Å². The standard InChI is InChI=1S/C44H55ClN6O5/c1-33-37(6-3-7-39(33)40-8-4-9-42(34(40)2)54-23-5-10-48-11-13-49(14-12-48)19-21-52)32-56-44-26-43(55-31-36-24-35(27-46)28-47-29-36)38(25-41(44)45)30-51-17-15-50(16-18-51)20-22-53/h3-4,6-9,24-26,28-29,52-53H,5,10-23,30-32H2,1-2H3. The van der Waals surface area contributed by atoms with E-state index in [1.807, 2.05) is 18.2 Å². The van der Waals surface area contributed by atoms with Gasteiger partial charge < -0.3 is 29.3 Å². The number of hydrogen-bond acceptors (Lipinski definition) is 11. The molecule has 3 aromatic carbocycles. The van der Waals surface area contributed by atoms with Gasteiger partial charge in [-0.05, 0) is 66.3 Å². The third kappa shape index (κ3) is 11.2. The number of pyridine rings is 1. The number of aromatic nitrogens is 1. The van der Waals surface area contributed by atoms with Gasteiger partial charge in [0.15, 0.2) is 0 Å². The largest absolute Gasteiger partial charge is 0.493 e. The molecule has 12 heteroatoms. The van der Waals surface area contributed by atoms with Gasteiger partial charge in [0, 0.05) is 108 Å². The van der Waals surface area contributed by atoms with Gasteiger partial charge in [0.05, 0.1) is 30.4 Å². The number of β-amino-alcohol motifs (C(OH)–C–C–N with tert-alkyl or cyclic N) is 2. The fraction of sp³-hybridized carbons (Fsp3) is 0.455. The van der Waals surface area contributed by atoms with Crippen LogP contribution in [-0.2, 0) is 19.8 Å². The smallest absolute Gasteiger partial charge is 0.142 e. The minimum atomic E-state index is 0.163. The van der Waals surface area contributed by atoms with Gasteiger partial charge in [-0.1, -0.05) is 41.9 Å². The zero-order valence-corrected chi connectivity index (χ0v) is 33.5. The summed E-state index contributed by atoms with van der Waals surface area (Å²) in [4.78, 5) is 13.6. The summed E-state index contributed by atoms with van der Waals surface area (Å²) in [5.74, 6) is 2.10. The number of nitrogens with zero attached hydrogens (tertiary/aromatic N) is 6. The van der Waals surface area contributed by atoms with Crippen LogP contribution in [0.3, 0.4) is 0 Å². The van der Waals surface area contributed by atoms with Gasteiger partial charge in [0.25, 0.3) is 0 Å². The maximum absolute atomic E-state index is 9.37. The molecule has 11 nitrogen and oxygen atoms in total. The first-order valence-corrected chi connectivity index (χ1v) is 20.1. The highest BCUT2D eigenvalue weighted by Gasteiger charge is 2.21. The van der Waals surface area contributed by atoms with E-state index in [0.29, 0.717) is 48.4 Å². The minimum absolute atomic E-state index is 0.163. The van der Waals surface area contributed by atoms with Crippen LogP contribution < -0.4 is 14.2 Å². The van der Waals surface area contributed by atoms with E-state index in [4.69, 9.17) is 25.8 Å². The molecule has 6 rings (SSSR count). The van der Waals surface area contributed by atoms with Crippen LogP contribution in [0.4, 0.5) is 0 Å². The van der Waals surface area contributed by atoms with Crippen LogP contribution in [0.5, 0.6) is 17.2 Å². The Hall–Kier alpha value is -4.25. The molecule has 0 saturated carbocycles. The molecule has 0 radical (unpaired) electrons. The highest BCUT2D eigenvalue weighted by Crippen LogP contribution is 2.37. The molecule has 56 heavy (non-hydrogen) atoms. The van der Waals surface area contributed by atoms with Crippen LogP contribution in [0.25, 0.3) is 11.1 Å². The lowest BCUT2D eigenvalue weighted by Gasteiger charge is -2.34. The van der Waals surface area contributed by atoms with E-state index < -0.39 is 0 Å². The normalized spacial score (nSPS) is 15.8. The van der Waals surface area contributed by atoms with E-state index >= 15 is 0 Å². The second-order valence-electron chi connectivity index (χ2n) is 14.6. The average Bonchev–Trinajstić information content (AvgIpc) is 3.21.